The topological polar surface area (TPSA) is 23.5 Å². The second-order valence-corrected chi connectivity index (χ2v) is 2.66. The van der Waals surface area contributed by atoms with Gasteiger partial charge >= 0.3 is 0 Å². The first-order chi connectivity index (χ1) is 4.76. The van der Waals surface area contributed by atoms with Crippen LogP contribution in [0.25, 0.3) is 0 Å². The summed E-state index contributed by atoms with van der Waals surface area (Å²) in [4.78, 5) is 2.28. The van der Waals surface area contributed by atoms with E-state index in [9.17, 15) is 0 Å². The molecule has 1 atom stereocenters. The van der Waals surface area contributed by atoms with Crippen molar-refractivity contribution < 1.29 is 5.11 Å². The van der Waals surface area contributed by atoms with Crippen molar-refractivity contribution in [2.24, 2.45) is 0 Å². The minimum atomic E-state index is 0.272. The van der Waals surface area contributed by atoms with Gasteiger partial charge in [-0.3, -0.25) is 4.90 Å². The molecule has 0 aliphatic rings. The Bertz CT molecular complexity index is 75.7. The Labute approximate surface area is 63.8 Å². The molecule has 0 aromatic rings. The first-order valence-electron chi connectivity index (χ1n) is 4.11. The summed E-state index contributed by atoms with van der Waals surface area (Å²) >= 11 is 0. The zero-order chi connectivity index (χ0) is 7.98. The number of hydrogen-bond acceptors (Lipinski definition) is 2. The van der Waals surface area contributed by atoms with Gasteiger partial charge in [-0.25, -0.2) is 0 Å². The van der Waals surface area contributed by atoms with Gasteiger partial charge in [0, 0.05) is 6.04 Å². The maximum absolute atomic E-state index is 8.82. The minimum Gasteiger partial charge on any atom is -0.395 e. The third-order valence-corrected chi connectivity index (χ3v) is 1.80. The van der Waals surface area contributed by atoms with Crippen LogP contribution in [-0.4, -0.2) is 35.7 Å². The van der Waals surface area contributed by atoms with Crippen LogP contribution in [-0.2, 0) is 0 Å². The summed E-state index contributed by atoms with van der Waals surface area (Å²) < 4.78 is 0. The van der Waals surface area contributed by atoms with Gasteiger partial charge < -0.3 is 5.11 Å². The number of likely N-dealkylation sites (N-methyl/N-ethyl adjacent to an activating group) is 1. The van der Waals surface area contributed by atoms with E-state index in [2.05, 4.69) is 25.7 Å². The Hall–Kier alpha value is -0.0800. The monoisotopic (exact) mass is 145 g/mol. The van der Waals surface area contributed by atoms with Crippen LogP contribution in [0.4, 0.5) is 0 Å². The predicted octanol–water partition coefficient (Wildman–Crippen LogP) is 1.10. The van der Waals surface area contributed by atoms with E-state index in [1.54, 1.807) is 0 Å². The molecular weight excluding hydrogens is 126 g/mol. The first kappa shape index (κ1) is 9.92. The SMILES string of the molecule is CCCN(CC)C(C)CO. The molecule has 0 saturated carbocycles. The smallest absolute Gasteiger partial charge is 0.0584 e. The zero-order valence-electron chi connectivity index (χ0n) is 7.30. The van der Waals surface area contributed by atoms with E-state index in [0.717, 1.165) is 19.5 Å². The maximum atomic E-state index is 8.82. The number of aliphatic hydroxyl groups excluding tert-OH is 1. The van der Waals surface area contributed by atoms with Crippen LogP contribution in [0.2, 0.25) is 0 Å². The van der Waals surface area contributed by atoms with Crippen molar-refractivity contribution in [3.8, 4) is 0 Å². The van der Waals surface area contributed by atoms with Gasteiger partial charge in [-0.1, -0.05) is 13.8 Å². The van der Waals surface area contributed by atoms with Gasteiger partial charge in [0.15, 0.2) is 0 Å². The van der Waals surface area contributed by atoms with Crippen LogP contribution in [0.15, 0.2) is 0 Å². The molecule has 0 bridgehead atoms. The van der Waals surface area contributed by atoms with Crippen LogP contribution in [0.5, 0.6) is 0 Å². The largest absolute Gasteiger partial charge is 0.395 e. The normalized spacial score (nSPS) is 14.1. The van der Waals surface area contributed by atoms with Gasteiger partial charge in [0.2, 0.25) is 0 Å². The van der Waals surface area contributed by atoms with E-state index < -0.39 is 0 Å². The fraction of sp³-hybridized carbons (Fsp3) is 1.00. The average molecular weight is 145 g/mol. The van der Waals surface area contributed by atoms with Crippen LogP contribution in [0.1, 0.15) is 27.2 Å². The molecular formula is C8H19NO. The summed E-state index contributed by atoms with van der Waals surface area (Å²) in [7, 11) is 0. The van der Waals surface area contributed by atoms with Gasteiger partial charge in [-0.15, -0.1) is 0 Å². The average Bonchev–Trinajstić information content (AvgIpc) is 1.99. The van der Waals surface area contributed by atoms with Crippen LogP contribution in [0.3, 0.4) is 0 Å². The molecule has 0 aromatic heterocycles. The van der Waals surface area contributed by atoms with Gasteiger partial charge in [-0.05, 0) is 26.4 Å². The molecule has 62 valence electrons. The van der Waals surface area contributed by atoms with Crippen molar-refractivity contribution in [1.82, 2.24) is 4.90 Å². The summed E-state index contributed by atoms with van der Waals surface area (Å²) in [6.45, 7) is 8.75. The Morgan fingerprint density at radius 3 is 2.30 bits per heavy atom. The molecule has 0 radical (unpaired) electrons. The highest BCUT2D eigenvalue weighted by Gasteiger charge is 2.07. The number of nitrogens with zero attached hydrogens (tertiary/aromatic N) is 1. The number of aliphatic hydroxyl groups is 1. The molecule has 1 unspecified atom stereocenters. The van der Waals surface area contributed by atoms with E-state index in [1.807, 2.05) is 0 Å². The molecule has 0 amide bonds. The molecule has 0 fully saturated rings. The Balaban J connectivity index is 3.56. The van der Waals surface area contributed by atoms with Crippen molar-refractivity contribution in [3.05, 3.63) is 0 Å². The van der Waals surface area contributed by atoms with Crippen molar-refractivity contribution >= 4 is 0 Å². The highest BCUT2D eigenvalue weighted by atomic mass is 16.3. The van der Waals surface area contributed by atoms with Crippen LogP contribution < -0.4 is 0 Å². The lowest BCUT2D eigenvalue weighted by Crippen LogP contribution is -2.35. The molecule has 0 spiro atoms. The minimum absolute atomic E-state index is 0.272. The fourth-order valence-electron chi connectivity index (χ4n) is 1.09. The second-order valence-electron chi connectivity index (χ2n) is 2.66. The Morgan fingerprint density at radius 2 is 2.00 bits per heavy atom. The number of rotatable bonds is 5. The Morgan fingerprint density at radius 1 is 1.40 bits per heavy atom. The van der Waals surface area contributed by atoms with Crippen LogP contribution >= 0.6 is 0 Å². The standard InChI is InChI=1S/C8H19NO/c1-4-6-9(5-2)8(3)7-10/h8,10H,4-7H2,1-3H3. The van der Waals surface area contributed by atoms with Crippen molar-refractivity contribution in [2.45, 2.75) is 33.2 Å². The van der Waals surface area contributed by atoms with Gasteiger partial charge in [0.25, 0.3) is 0 Å². The molecule has 0 rings (SSSR count). The lowest BCUT2D eigenvalue weighted by molar-refractivity contribution is 0.140. The second kappa shape index (κ2) is 5.69. The third kappa shape index (κ3) is 3.18. The van der Waals surface area contributed by atoms with Crippen molar-refractivity contribution in [3.63, 3.8) is 0 Å². The fourth-order valence-corrected chi connectivity index (χ4v) is 1.09. The first-order valence-corrected chi connectivity index (χ1v) is 4.11. The highest BCUT2D eigenvalue weighted by molar-refractivity contribution is 4.62. The third-order valence-electron chi connectivity index (χ3n) is 1.80. The molecule has 0 heterocycles. The van der Waals surface area contributed by atoms with Crippen LogP contribution in [0, 0.1) is 0 Å². The zero-order valence-corrected chi connectivity index (χ0v) is 7.30. The van der Waals surface area contributed by atoms with E-state index in [-0.39, 0.29) is 6.61 Å². The Kier molecular flexibility index (Phi) is 5.64. The maximum Gasteiger partial charge on any atom is 0.0584 e. The molecule has 1 N–H and O–H groups in total. The summed E-state index contributed by atoms with van der Waals surface area (Å²) in [6, 6.07) is 0.324. The van der Waals surface area contributed by atoms with E-state index >= 15 is 0 Å². The molecule has 0 aliphatic heterocycles. The lowest BCUT2D eigenvalue weighted by Gasteiger charge is -2.25. The summed E-state index contributed by atoms with van der Waals surface area (Å²) in [6.07, 6.45) is 1.16. The quantitative estimate of drug-likeness (QED) is 0.626. The number of hydrogen-bond donors (Lipinski definition) is 1. The van der Waals surface area contributed by atoms with E-state index in [0.29, 0.717) is 6.04 Å². The molecule has 0 saturated heterocycles. The van der Waals surface area contributed by atoms with Gasteiger partial charge in [0.1, 0.15) is 0 Å². The molecule has 2 heteroatoms. The van der Waals surface area contributed by atoms with Gasteiger partial charge in [0.05, 0.1) is 6.61 Å². The van der Waals surface area contributed by atoms with E-state index in [4.69, 9.17) is 5.11 Å². The lowest BCUT2D eigenvalue weighted by atomic mass is 10.3. The molecule has 10 heavy (non-hydrogen) atoms. The highest BCUT2D eigenvalue weighted by Crippen LogP contribution is 1.97. The summed E-state index contributed by atoms with van der Waals surface area (Å²) in [5.41, 5.74) is 0. The molecule has 2 nitrogen and oxygen atoms in total. The predicted molar refractivity (Wildman–Crippen MR) is 44.1 cm³/mol. The van der Waals surface area contributed by atoms with Crippen molar-refractivity contribution in [2.75, 3.05) is 19.7 Å². The summed E-state index contributed by atoms with van der Waals surface area (Å²) in [5, 5.41) is 8.82. The molecule has 0 aromatic carbocycles. The van der Waals surface area contributed by atoms with Gasteiger partial charge in [-0.2, -0.15) is 0 Å². The summed E-state index contributed by atoms with van der Waals surface area (Å²) in [5.74, 6) is 0. The van der Waals surface area contributed by atoms with E-state index in [1.165, 1.54) is 0 Å². The molecule has 0 aliphatic carbocycles. The van der Waals surface area contributed by atoms with Crippen molar-refractivity contribution in [1.29, 1.82) is 0 Å².